The number of rotatable bonds is 7. The van der Waals surface area contributed by atoms with Gasteiger partial charge in [0.2, 0.25) is 5.91 Å². The van der Waals surface area contributed by atoms with Gasteiger partial charge in [-0.05, 0) is 32.4 Å². The van der Waals surface area contributed by atoms with E-state index in [0.717, 1.165) is 17.1 Å². The average molecular weight is 343 g/mol. The average Bonchev–Trinajstić information content (AvgIpc) is 2.94. The highest BCUT2D eigenvalue weighted by atomic mass is 32.2. The van der Waals surface area contributed by atoms with Crippen LogP contribution in [0.25, 0.3) is 5.69 Å². The Kier molecular flexibility index (Phi) is 6.38. The van der Waals surface area contributed by atoms with Gasteiger partial charge < -0.3 is 4.90 Å². The smallest absolute Gasteiger partial charge is 0.233 e. The van der Waals surface area contributed by atoms with Gasteiger partial charge in [-0.3, -0.25) is 9.36 Å². The molecule has 0 saturated carbocycles. The number of nitrogens with zero attached hydrogens (tertiary/aromatic N) is 5. The van der Waals surface area contributed by atoms with E-state index in [9.17, 15) is 4.79 Å². The van der Waals surface area contributed by atoms with Gasteiger partial charge in [0.15, 0.2) is 5.16 Å². The minimum Gasteiger partial charge on any atom is -0.341 e. The van der Waals surface area contributed by atoms with Gasteiger partial charge in [-0.25, -0.2) is 0 Å². The standard InChI is InChI=1S/C17H21N5OS/c1-4-21(11-7-10-18)16(23)12-24-17-20-19-14(3)22(17)15-9-6-5-8-13(15)2/h5-6,8-9H,4,7,11-12H2,1-3H3. The maximum atomic E-state index is 12.3. The second-order valence-corrected chi connectivity index (χ2v) is 6.26. The Labute approximate surface area is 146 Å². The molecule has 0 saturated heterocycles. The fraction of sp³-hybridized carbons (Fsp3) is 0.412. The maximum Gasteiger partial charge on any atom is 0.233 e. The van der Waals surface area contributed by atoms with E-state index in [1.54, 1.807) is 4.90 Å². The number of aromatic nitrogens is 3. The molecule has 0 aliphatic rings. The minimum absolute atomic E-state index is 0.00902. The second kappa shape index (κ2) is 8.50. The number of hydrogen-bond acceptors (Lipinski definition) is 5. The zero-order valence-electron chi connectivity index (χ0n) is 14.2. The van der Waals surface area contributed by atoms with Crippen molar-refractivity contribution in [2.24, 2.45) is 0 Å². The van der Waals surface area contributed by atoms with Crippen LogP contribution in [-0.4, -0.2) is 44.4 Å². The van der Waals surface area contributed by atoms with Gasteiger partial charge in [0.05, 0.1) is 23.9 Å². The molecule has 126 valence electrons. The lowest BCUT2D eigenvalue weighted by molar-refractivity contribution is -0.128. The molecule has 0 unspecified atom stereocenters. The Morgan fingerprint density at radius 3 is 2.75 bits per heavy atom. The third-order valence-corrected chi connectivity index (χ3v) is 4.62. The van der Waals surface area contributed by atoms with Crippen LogP contribution in [0.5, 0.6) is 0 Å². The summed E-state index contributed by atoms with van der Waals surface area (Å²) in [5.41, 5.74) is 2.14. The quantitative estimate of drug-likeness (QED) is 0.723. The van der Waals surface area contributed by atoms with Crippen LogP contribution in [0.4, 0.5) is 0 Å². The molecule has 1 amide bonds. The molecule has 0 aliphatic heterocycles. The number of aryl methyl sites for hydroxylation is 2. The summed E-state index contributed by atoms with van der Waals surface area (Å²) in [6.45, 7) is 6.92. The van der Waals surface area contributed by atoms with Gasteiger partial charge in [0.25, 0.3) is 0 Å². The number of amides is 1. The summed E-state index contributed by atoms with van der Waals surface area (Å²) in [5.74, 6) is 1.08. The molecule has 6 nitrogen and oxygen atoms in total. The van der Waals surface area contributed by atoms with Crippen LogP contribution < -0.4 is 0 Å². The molecule has 2 rings (SSSR count). The number of para-hydroxylation sites is 1. The molecule has 0 radical (unpaired) electrons. The zero-order chi connectivity index (χ0) is 17.5. The topological polar surface area (TPSA) is 74.8 Å². The third-order valence-electron chi connectivity index (χ3n) is 3.70. The Morgan fingerprint density at radius 2 is 2.08 bits per heavy atom. The minimum atomic E-state index is 0.00902. The molecule has 1 heterocycles. The monoisotopic (exact) mass is 343 g/mol. The summed E-state index contributed by atoms with van der Waals surface area (Å²) in [5, 5.41) is 17.7. The number of carbonyl (C=O) groups is 1. The first-order chi connectivity index (χ1) is 11.6. The van der Waals surface area contributed by atoms with Gasteiger partial charge in [-0.2, -0.15) is 5.26 Å². The van der Waals surface area contributed by atoms with Gasteiger partial charge in [-0.1, -0.05) is 30.0 Å². The summed E-state index contributed by atoms with van der Waals surface area (Å²) in [6, 6.07) is 10.1. The predicted molar refractivity (Wildman–Crippen MR) is 94.0 cm³/mol. The molecule has 0 N–H and O–H groups in total. The van der Waals surface area contributed by atoms with Crippen LogP contribution >= 0.6 is 11.8 Å². The number of nitriles is 1. The zero-order valence-corrected chi connectivity index (χ0v) is 15.0. The van der Waals surface area contributed by atoms with Crippen molar-refractivity contribution in [3.8, 4) is 11.8 Å². The summed E-state index contributed by atoms with van der Waals surface area (Å²) in [6.07, 6.45) is 0.350. The number of benzene rings is 1. The molecule has 24 heavy (non-hydrogen) atoms. The molecule has 0 spiro atoms. The van der Waals surface area contributed by atoms with E-state index in [-0.39, 0.29) is 11.7 Å². The van der Waals surface area contributed by atoms with Crippen molar-refractivity contribution in [1.29, 1.82) is 5.26 Å². The SMILES string of the molecule is CCN(CCC#N)C(=O)CSc1nnc(C)n1-c1ccccc1C. The van der Waals surface area contributed by atoms with E-state index >= 15 is 0 Å². The summed E-state index contributed by atoms with van der Waals surface area (Å²) >= 11 is 1.37. The molecule has 0 aliphatic carbocycles. The van der Waals surface area contributed by atoms with Crippen molar-refractivity contribution in [3.05, 3.63) is 35.7 Å². The third kappa shape index (κ3) is 4.15. The molecular formula is C17H21N5OS. The first-order valence-electron chi connectivity index (χ1n) is 7.84. The van der Waals surface area contributed by atoms with Crippen molar-refractivity contribution in [2.75, 3.05) is 18.8 Å². The largest absolute Gasteiger partial charge is 0.341 e. The molecule has 0 atom stereocenters. The van der Waals surface area contributed by atoms with E-state index < -0.39 is 0 Å². The molecule has 1 aromatic carbocycles. The van der Waals surface area contributed by atoms with Gasteiger partial charge >= 0.3 is 0 Å². The molecule has 2 aromatic rings. The first-order valence-corrected chi connectivity index (χ1v) is 8.82. The van der Waals surface area contributed by atoms with Crippen LogP contribution in [0, 0.1) is 25.2 Å². The number of thioether (sulfide) groups is 1. The van der Waals surface area contributed by atoms with Gasteiger partial charge in [0, 0.05) is 13.1 Å². The first kappa shape index (κ1) is 18.0. The van der Waals surface area contributed by atoms with Crippen molar-refractivity contribution in [2.45, 2.75) is 32.3 Å². The highest BCUT2D eigenvalue weighted by molar-refractivity contribution is 7.99. The summed E-state index contributed by atoms with van der Waals surface area (Å²) < 4.78 is 1.97. The molecule has 1 aromatic heterocycles. The molecule has 0 fully saturated rings. The van der Waals surface area contributed by atoms with E-state index in [2.05, 4.69) is 16.3 Å². The van der Waals surface area contributed by atoms with Gasteiger partial charge in [0.1, 0.15) is 5.82 Å². The lowest BCUT2D eigenvalue weighted by Gasteiger charge is -2.19. The predicted octanol–water partition coefficient (Wildman–Crippen LogP) is 2.74. The molecule has 7 heteroatoms. The fourth-order valence-electron chi connectivity index (χ4n) is 2.39. The van der Waals surface area contributed by atoms with E-state index in [0.29, 0.717) is 24.7 Å². The van der Waals surface area contributed by atoms with Gasteiger partial charge in [-0.15, -0.1) is 10.2 Å². The normalized spacial score (nSPS) is 10.4. The number of hydrogen-bond donors (Lipinski definition) is 0. The van der Waals surface area contributed by atoms with E-state index in [1.807, 2.05) is 49.6 Å². The van der Waals surface area contributed by atoms with Crippen molar-refractivity contribution in [3.63, 3.8) is 0 Å². The number of carbonyl (C=O) groups excluding carboxylic acids is 1. The molecular weight excluding hydrogens is 322 g/mol. The van der Waals surface area contributed by atoms with Crippen molar-refractivity contribution < 1.29 is 4.79 Å². The molecule has 0 bridgehead atoms. The lowest BCUT2D eigenvalue weighted by atomic mass is 10.2. The van der Waals surface area contributed by atoms with Crippen LogP contribution in [-0.2, 0) is 4.79 Å². The fourth-order valence-corrected chi connectivity index (χ4v) is 3.28. The Bertz CT molecular complexity index is 750. The van der Waals surface area contributed by atoms with Crippen molar-refractivity contribution >= 4 is 17.7 Å². The van der Waals surface area contributed by atoms with Crippen LogP contribution in [0.3, 0.4) is 0 Å². The highest BCUT2D eigenvalue weighted by Gasteiger charge is 2.17. The Morgan fingerprint density at radius 1 is 1.33 bits per heavy atom. The van der Waals surface area contributed by atoms with E-state index in [4.69, 9.17) is 5.26 Å². The van der Waals surface area contributed by atoms with E-state index in [1.165, 1.54) is 11.8 Å². The Balaban J connectivity index is 2.13. The summed E-state index contributed by atoms with van der Waals surface area (Å²) in [7, 11) is 0. The Hall–Kier alpha value is -2.33. The maximum absolute atomic E-state index is 12.3. The highest BCUT2D eigenvalue weighted by Crippen LogP contribution is 2.24. The second-order valence-electron chi connectivity index (χ2n) is 5.32. The lowest BCUT2D eigenvalue weighted by Crippen LogP contribution is -2.33. The van der Waals surface area contributed by atoms with Crippen LogP contribution in [0.1, 0.15) is 24.7 Å². The van der Waals surface area contributed by atoms with Crippen LogP contribution in [0.2, 0.25) is 0 Å². The summed E-state index contributed by atoms with van der Waals surface area (Å²) in [4.78, 5) is 14.0. The van der Waals surface area contributed by atoms with Crippen molar-refractivity contribution in [1.82, 2.24) is 19.7 Å². The van der Waals surface area contributed by atoms with Crippen LogP contribution in [0.15, 0.2) is 29.4 Å².